The topological polar surface area (TPSA) is 26.3 Å². The first-order valence-electron chi connectivity index (χ1n) is 4.05. The minimum atomic E-state index is -0.448. The van der Waals surface area contributed by atoms with Crippen LogP contribution in [0.4, 0.5) is 4.39 Å². The highest BCUT2D eigenvalue weighted by Gasteiger charge is 2.06. The fourth-order valence-electron chi connectivity index (χ4n) is 1.05. The summed E-state index contributed by atoms with van der Waals surface area (Å²) < 4.78 is 17.7. The Bertz CT molecular complexity index is 321. The molecule has 0 atom stereocenters. The summed E-state index contributed by atoms with van der Waals surface area (Å²) in [5.41, 5.74) is 0.361. The first kappa shape index (κ1) is 9.71. The molecule has 0 aliphatic heterocycles. The molecular weight excluding hydrogens is 171 g/mol. The zero-order valence-electron chi connectivity index (χ0n) is 7.63. The number of ether oxygens (including phenoxy) is 1. The fourth-order valence-corrected chi connectivity index (χ4v) is 1.05. The second-order valence-electron chi connectivity index (χ2n) is 2.66. The summed E-state index contributed by atoms with van der Waals surface area (Å²) in [5, 5.41) is 0. The van der Waals surface area contributed by atoms with Gasteiger partial charge in [0.25, 0.3) is 0 Å². The zero-order valence-corrected chi connectivity index (χ0v) is 7.63. The van der Waals surface area contributed by atoms with Crippen LogP contribution in [0.3, 0.4) is 0 Å². The Labute approximate surface area is 76.3 Å². The molecular formula is C10H11FO2. The summed E-state index contributed by atoms with van der Waals surface area (Å²) in [6, 6.07) is 4.00. The lowest BCUT2D eigenvalue weighted by Gasteiger charge is -2.02. The Hall–Kier alpha value is -1.38. The summed E-state index contributed by atoms with van der Waals surface area (Å²) in [6.07, 6.45) is 0.368. The predicted octanol–water partition coefficient (Wildman–Crippen LogP) is 2.43. The van der Waals surface area contributed by atoms with Gasteiger partial charge in [0.2, 0.25) is 0 Å². The lowest BCUT2D eigenvalue weighted by molar-refractivity contribution is 0.0987. The second-order valence-corrected chi connectivity index (χ2v) is 2.66. The molecule has 2 nitrogen and oxygen atoms in total. The normalized spacial score (nSPS) is 9.77. The summed E-state index contributed by atoms with van der Waals surface area (Å²) in [4.78, 5) is 11.2. The molecule has 0 radical (unpaired) electrons. The van der Waals surface area contributed by atoms with Crippen LogP contribution < -0.4 is 4.74 Å². The van der Waals surface area contributed by atoms with Crippen LogP contribution >= 0.6 is 0 Å². The second kappa shape index (κ2) is 4.03. The molecule has 0 unspecified atom stereocenters. The van der Waals surface area contributed by atoms with Crippen LogP contribution in [0.15, 0.2) is 18.2 Å². The van der Waals surface area contributed by atoms with Gasteiger partial charge in [-0.25, -0.2) is 4.39 Å². The van der Waals surface area contributed by atoms with E-state index in [1.54, 1.807) is 6.92 Å². The Kier molecular flexibility index (Phi) is 3.01. The largest absolute Gasteiger partial charge is 0.497 e. The first-order chi connectivity index (χ1) is 6.17. The van der Waals surface area contributed by atoms with E-state index in [1.165, 1.54) is 25.3 Å². The molecule has 0 bridgehead atoms. The molecule has 0 aliphatic rings. The summed E-state index contributed by atoms with van der Waals surface area (Å²) in [5.74, 6) is -0.161. The molecule has 0 spiro atoms. The van der Waals surface area contributed by atoms with Crippen molar-refractivity contribution in [2.24, 2.45) is 0 Å². The van der Waals surface area contributed by atoms with Crippen molar-refractivity contribution < 1.29 is 13.9 Å². The summed E-state index contributed by atoms with van der Waals surface area (Å²) >= 11 is 0. The predicted molar refractivity (Wildman–Crippen MR) is 47.6 cm³/mol. The van der Waals surface area contributed by atoms with Gasteiger partial charge in [-0.1, -0.05) is 6.92 Å². The average Bonchev–Trinajstić information content (AvgIpc) is 2.15. The molecule has 0 fully saturated rings. The van der Waals surface area contributed by atoms with Gasteiger partial charge in [-0.05, 0) is 12.1 Å². The number of methoxy groups -OCH3 is 1. The number of carbonyl (C=O) groups excluding carboxylic acids is 1. The molecule has 0 heterocycles. The smallest absolute Gasteiger partial charge is 0.162 e. The van der Waals surface area contributed by atoms with E-state index in [2.05, 4.69) is 0 Å². The lowest BCUT2D eigenvalue weighted by Crippen LogP contribution is -1.98. The van der Waals surface area contributed by atoms with Crippen LogP contribution in [0.5, 0.6) is 5.75 Å². The van der Waals surface area contributed by atoms with Gasteiger partial charge in [0.1, 0.15) is 11.6 Å². The van der Waals surface area contributed by atoms with Gasteiger partial charge in [-0.2, -0.15) is 0 Å². The van der Waals surface area contributed by atoms with E-state index in [0.717, 1.165) is 0 Å². The van der Waals surface area contributed by atoms with Crippen LogP contribution in [0.2, 0.25) is 0 Å². The number of benzene rings is 1. The van der Waals surface area contributed by atoms with Crippen LogP contribution in [0.25, 0.3) is 0 Å². The van der Waals surface area contributed by atoms with E-state index in [0.29, 0.717) is 17.7 Å². The van der Waals surface area contributed by atoms with E-state index in [9.17, 15) is 9.18 Å². The number of Topliss-reactive ketones (excluding diaryl/α,β-unsaturated/α-hetero) is 1. The number of hydrogen-bond acceptors (Lipinski definition) is 2. The fraction of sp³-hybridized carbons (Fsp3) is 0.300. The molecule has 0 amide bonds. The van der Waals surface area contributed by atoms with Gasteiger partial charge < -0.3 is 4.74 Å². The van der Waals surface area contributed by atoms with Crippen LogP contribution in [0, 0.1) is 5.82 Å². The Morgan fingerprint density at radius 1 is 1.46 bits per heavy atom. The molecule has 0 N–H and O–H groups in total. The van der Waals surface area contributed by atoms with Gasteiger partial charge in [0.05, 0.1) is 7.11 Å². The molecule has 1 aromatic carbocycles. The molecule has 0 aromatic heterocycles. The van der Waals surface area contributed by atoms with Crippen molar-refractivity contribution in [2.45, 2.75) is 13.3 Å². The minimum absolute atomic E-state index is 0.0854. The standard InChI is InChI=1S/C10H11FO2/c1-3-10(12)7-4-8(11)6-9(5-7)13-2/h4-6H,3H2,1-2H3. The molecule has 0 saturated carbocycles. The van der Waals surface area contributed by atoms with Gasteiger partial charge in [-0.3, -0.25) is 4.79 Å². The van der Waals surface area contributed by atoms with E-state index in [1.807, 2.05) is 0 Å². The summed E-state index contributed by atoms with van der Waals surface area (Å²) in [6.45, 7) is 1.74. The maximum Gasteiger partial charge on any atom is 0.162 e. The Morgan fingerprint density at radius 3 is 2.69 bits per heavy atom. The van der Waals surface area contributed by atoms with Crippen molar-refractivity contribution in [3.05, 3.63) is 29.6 Å². The average molecular weight is 182 g/mol. The van der Waals surface area contributed by atoms with Crippen molar-refractivity contribution in [3.8, 4) is 5.75 Å². The maximum atomic E-state index is 12.9. The molecule has 0 aliphatic carbocycles. The maximum absolute atomic E-state index is 12.9. The lowest BCUT2D eigenvalue weighted by atomic mass is 10.1. The number of rotatable bonds is 3. The highest BCUT2D eigenvalue weighted by atomic mass is 19.1. The van der Waals surface area contributed by atoms with Crippen LogP contribution in [0.1, 0.15) is 23.7 Å². The molecule has 1 aromatic rings. The number of halogens is 1. The van der Waals surface area contributed by atoms with Gasteiger partial charge in [0, 0.05) is 18.1 Å². The van der Waals surface area contributed by atoms with Crippen molar-refractivity contribution >= 4 is 5.78 Å². The number of ketones is 1. The third-order valence-corrected chi connectivity index (χ3v) is 1.75. The number of carbonyl (C=O) groups is 1. The van der Waals surface area contributed by atoms with E-state index in [-0.39, 0.29) is 5.78 Å². The first-order valence-corrected chi connectivity index (χ1v) is 4.05. The van der Waals surface area contributed by atoms with E-state index < -0.39 is 5.82 Å². The molecule has 1 rings (SSSR count). The van der Waals surface area contributed by atoms with E-state index in [4.69, 9.17) is 4.74 Å². The molecule has 70 valence electrons. The quantitative estimate of drug-likeness (QED) is 0.671. The molecule has 13 heavy (non-hydrogen) atoms. The van der Waals surface area contributed by atoms with Crippen LogP contribution in [-0.4, -0.2) is 12.9 Å². The third kappa shape index (κ3) is 2.28. The highest BCUT2D eigenvalue weighted by molar-refractivity contribution is 5.96. The van der Waals surface area contributed by atoms with Crippen molar-refractivity contribution in [1.29, 1.82) is 0 Å². The van der Waals surface area contributed by atoms with Gasteiger partial charge in [0.15, 0.2) is 5.78 Å². The summed E-state index contributed by atoms with van der Waals surface area (Å²) in [7, 11) is 1.44. The molecule has 0 saturated heterocycles. The van der Waals surface area contributed by atoms with Gasteiger partial charge in [-0.15, -0.1) is 0 Å². The third-order valence-electron chi connectivity index (χ3n) is 1.75. The van der Waals surface area contributed by atoms with Crippen molar-refractivity contribution in [1.82, 2.24) is 0 Å². The van der Waals surface area contributed by atoms with Crippen LogP contribution in [-0.2, 0) is 0 Å². The minimum Gasteiger partial charge on any atom is -0.497 e. The monoisotopic (exact) mass is 182 g/mol. The van der Waals surface area contributed by atoms with Crippen molar-refractivity contribution in [2.75, 3.05) is 7.11 Å². The number of hydrogen-bond donors (Lipinski definition) is 0. The van der Waals surface area contributed by atoms with E-state index >= 15 is 0 Å². The zero-order chi connectivity index (χ0) is 9.84. The SMILES string of the molecule is CCC(=O)c1cc(F)cc(OC)c1. The highest BCUT2D eigenvalue weighted by Crippen LogP contribution is 2.16. The molecule has 3 heteroatoms. The Balaban J connectivity index is 3.08. The Morgan fingerprint density at radius 2 is 2.15 bits per heavy atom. The van der Waals surface area contributed by atoms with Gasteiger partial charge >= 0.3 is 0 Å². The van der Waals surface area contributed by atoms with Crippen molar-refractivity contribution in [3.63, 3.8) is 0 Å².